The Kier molecular flexibility index (Phi) is 9.07. The topological polar surface area (TPSA) is 101 Å². The summed E-state index contributed by atoms with van der Waals surface area (Å²) in [5, 5.41) is 21.7. The summed E-state index contributed by atoms with van der Waals surface area (Å²) in [6, 6.07) is 5.61. The third kappa shape index (κ3) is 5.75. The third-order valence-corrected chi connectivity index (χ3v) is 6.90. The van der Waals surface area contributed by atoms with Crippen LogP contribution in [0.4, 0.5) is 0 Å². The number of carbonyl (C=O) groups excluding carboxylic acids is 3. The number of fused-ring (bicyclic) bond motifs is 2. The minimum absolute atomic E-state index is 0.0340. The predicted molar refractivity (Wildman–Crippen MR) is 135 cm³/mol. The number of hydrogen-bond acceptors (Lipinski definition) is 6. The second-order valence-corrected chi connectivity index (χ2v) is 9.37. The van der Waals surface area contributed by atoms with E-state index >= 15 is 0 Å². The maximum atomic E-state index is 13.4. The highest BCUT2D eigenvalue weighted by molar-refractivity contribution is 6.30. The number of aryl methyl sites for hydroxylation is 1. The number of phenols is 2. The fraction of sp³-hybridized carbons (Fsp3) is 0.483. The number of esters is 1. The summed E-state index contributed by atoms with van der Waals surface area (Å²) >= 11 is 0. The van der Waals surface area contributed by atoms with Crippen molar-refractivity contribution in [3.05, 3.63) is 57.6 Å². The molecule has 0 aliphatic heterocycles. The van der Waals surface area contributed by atoms with Crippen LogP contribution in [0.1, 0.15) is 120 Å². The van der Waals surface area contributed by atoms with E-state index in [1.165, 1.54) is 24.3 Å². The van der Waals surface area contributed by atoms with E-state index in [-0.39, 0.29) is 45.9 Å². The Morgan fingerprint density at radius 1 is 0.886 bits per heavy atom. The molecule has 35 heavy (non-hydrogen) atoms. The maximum Gasteiger partial charge on any atom is 0.338 e. The predicted octanol–water partition coefficient (Wildman–Crippen LogP) is 6.37. The van der Waals surface area contributed by atoms with Gasteiger partial charge < -0.3 is 14.9 Å². The van der Waals surface area contributed by atoms with E-state index in [9.17, 15) is 24.6 Å². The van der Waals surface area contributed by atoms with Crippen LogP contribution in [0.5, 0.6) is 11.5 Å². The van der Waals surface area contributed by atoms with Crippen LogP contribution in [-0.4, -0.2) is 34.4 Å². The molecule has 6 nitrogen and oxygen atoms in total. The Hall–Kier alpha value is -3.15. The average molecular weight is 481 g/mol. The van der Waals surface area contributed by atoms with Gasteiger partial charge in [0.15, 0.2) is 11.6 Å². The molecule has 0 saturated heterocycles. The molecule has 0 spiro atoms. The molecule has 0 radical (unpaired) electrons. The maximum absolute atomic E-state index is 13.4. The molecule has 1 aliphatic carbocycles. The van der Waals surface area contributed by atoms with Gasteiger partial charge in [-0.05, 0) is 55.0 Å². The Balaban J connectivity index is 1.90. The van der Waals surface area contributed by atoms with Gasteiger partial charge in [-0.25, -0.2) is 4.79 Å². The molecule has 1 atom stereocenters. The summed E-state index contributed by atoms with van der Waals surface area (Å²) < 4.78 is 5.28. The lowest BCUT2D eigenvalue weighted by atomic mass is 9.80. The zero-order chi connectivity index (χ0) is 25.5. The first-order chi connectivity index (χ1) is 16.8. The van der Waals surface area contributed by atoms with E-state index in [0.717, 1.165) is 51.4 Å². The van der Waals surface area contributed by atoms with Crippen LogP contribution in [0.2, 0.25) is 0 Å². The molecule has 2 N–H and O–H groups in total. The highest BCUT2D eigenvalue weighted by atomic mass is 16.5. The van der Waals surface area contributed by atoms with E-state index in [1.54, 1.807) is 0 Å². The normalized spacial score (nSPS) is 13.3. The Morgan fingerprint density at radius 2 is 1.60 bits per heavy atom. The van der Waals surface area contributed by atoms with Gasteiger partial charge >= 0.3 is 5.97 Å². The second kappa shape index (κ2) is 12.0. The molecular weight excluding hydrogens is 444 g/mol. The summed E-state index contributed by atoms with van der Waals surface area (Å²) in [4.78, 5) is 39.0. The Bertz CT molecular complexity index is 1100. The summed E-state index contributed by atoms with van der Waals surface area (Å²) in [7, 11) is 0. The number of aromatic hydroxyl groups is 2. The number of hydrogen-bond donors (Lipinski definition) is 2. The van der Waals surface area contributed by atoms with Crippen molar-refractivity contribution in [2.24, 2.45) is 5.92 Å². The van der Waals surface area contributed by atoms with Crippen LogP contribution in [-0.2, 0) is 11.2 Å². The van der Waals surface area contributed by atoms with Crippen molar-refractivity contribution in [1.82, 2.24) is 0 Å². The highest BCUT2D eigenvalue weighted by Crippen LogP contribution is 2.41. The van der Waals surface area contributed by atoms with Gasteiger partial charge in [0.2, 0.25) is 0 Å². The first kappa shape index (κ1) is 26.5. The van der Waals surface area contributed by atoms with Crippen molar-refractivity contribution in [1.29, 1.82) is 0 Å². The number of rotatable bonds is 12. The van der Waals surface area contributed by atoms with Crippen LogP contribution in [0, 0.1) is 5.92 Å². The van der Waals surface area contributed by atoms with Crippen molar-refractivity contribution >= 4 is 17.5 Å². The van der Waals surface area contributed by atoms with Crippen molar-refractivity contribution < 1.29 is 29.3 Å². The van der Waals surface area contributed by atoms with Gasteiger partial charge in [-0.3, -0.25) is 9.59 Å². The lowest BCUT2D eigenvalue weighted by molar-refractivity contribution is 0.0498. The van der Waals surface area contributed by atoms with Crippen LogP contribution >= 0.6 is 0 Å². The van der Waals surface area contributed by atoms with Gasteiger partial charge in [0.1, 0.15) is 11.5 Å². The zero-order valence-corrected chi connectivity index (χ0v) is 21.0. The molecule has 2 aromatic carbocycles. The van der Waals surface area contributed by atoms with Crippen LogP contribution in [0.3, 0.4) is 0 Å². The van der Waals surface area contributed by atoms with Crippen LogP contribution < -0.4 is 0 Å². The minimum atomic E-state index is -0.581. The lowest BCUT2D eigenvalue weighted by Gasteiger charge is -2.22. The van der Waals surface area contributed by atoms with E-state index in [0.29, 0.717) is 17.9 Å². The monoisotopic (exact) mass is 480 g/mol. The number of carbonyl (C=O) groups is 3. The lowest BCUT2D eigenvalue weighted by Crippen LogP contribution is -2.22. The largest absolute Gasteiger partial charge is 0.507 e. The van der Waals surface area contributed by atoms with Gasteiger partial charge in [0.05, 0.1) is 23.3 Å². The summed E-state index contributed by atoms with van der Waals surface area (Å²) in [6.07, 6.45) is 8.37. The van der Waals surface area contributed by atoms with E-state index < -0.39 is 17.5 Å². The van der Waals surface area contributed by atoms with E-state index in [2.05, 4.69) is 20.8 Å². The molecule has 1 unspecified atom stereocenters. The van der Waals surface area contributed by atoms with Crippen LogP contribution in [0.25, 0.3) is 0 Å². The van der Waals surface area contributed by atoms with E-state index in [1.807, 2.05) is 0 Å². The van der Waals surface area contributed by atoms with Gasteiger partial charge in [-0.15, -0.1) is 0 Å². The molecule has 0 aromatic heterocycles. The van der Waals surface area contributed by atoms with Crippen molar-refractivity contribution in [2.75, 3.05) is 6.61 Å². The van der Waals surface area contributed by atoms with E-state index in [4.69, 9.17) is 4.74 Å². The molecule has 0 fully saturated rings. The minimum Gasteiger partial charge on any atom is -0.507 e. The van der Waals surface area contributed by atoms with Gasteiger partial charge in [-0.2, -0.15) is 0 Å². The molecule has 0 amide bonds. The number of benzene rings is 2. The van der Waals surface area contributed by atoms with Crippen molar-refractivity contribution in [2.45, 2.75) is 78.6 Å². The molecule has 2 aromatic rings. The van der Waals surface area contributed by atoms with Crippen molar-refractivity contribution in [3.63, 3.8) is 0 Å². The highest BCUT2D eigenvalue weighted by Gasteiger charge is 2.36. The number of unbranched alkanes of at least 4 members (excludes halogenated alkanes) is 3. The Labute approximate surface area is 207 Å². The zero-order valence-electron chi connectivity index (χ0n) is 21.0. The first-order valence-electron chi connectivity index (χ1n) is 12.8. The number of ether oxygens (including phenoxy) is 1. The first-order valence-corrected chi connectivity index (χ1v) is 12.8. The number of phenolic OH excluding ortho intramolecular Hbond substituents is 2. The molecule has 188 valence electrons. The fourth-order valence-corrected chi connectivity index (χ4v) is 4.69. The van der Waals surface area contributed by atoms with Crippen molar-refractivity contribution in [3.8, 4) is 11.5 Å². The molecule has 6 heteroatoms. The second-order valence-electron chi connectivity index (χ2n) is 9.37. The van der Waals surface area contributed by atoms with Gasteiger partial charge in [0, 0.05) is 11.1 Å². The SMILES string of the molecule is CCCCCOC(=O)c1ccc2c(c1)C(=O)c1c(O)c(CCC(CC)CCCC)cc(O)c1C2=O. The smallest absolute Gasteiger partial charge is 0.338 e. The fourth-order valence-electron chi connectivity index (χ4n) is 4.69. The molecule has 0 saturated carbocycles. The summed E-state index contributed by atoms with van der Waals surface area (Å²) in [6.45, 7) is 6.63. The van der Waals surface area contributed by atoms with Crippen LogP contribution in [0.15, 0.2) is 24.3 Å². The molecule has 0 bridgehead atoms. The standard InChI is InChI=1S/C29H36O6/c1-4-7-9-15-35-29(34)20-13-14-21-22(16-20)28(33)25-24(27(21)32)23(30)17-19(26(25)31)12-11-18(6-3)10-8-5-2/h13-14,16-18,30-31H,4-12,15H2,1-3H3. The summed E-state index contributed by atoms with van der Waals surface area (Å²) in [5.41, 5.74) is 0.382. The quantitative estimate of drug-likeness (QED) is 0.177. The molecule has 1 aliphatic rings. The molecule has 3 rings (SSSR count). The summed E-state index contributed by atoms with van der Waals surface area (Å²) in [5.74, 6) is -1.78. The van der Waals surface area contributed by atoms with Gasteiger partial charge in [-0.1, -0.05) is 59.3 Å². The Morgan fingerprint density at radius 3 is 2.29 bits per heavy atom. The third-order valence-electron chi connectivity index (χ3n) is 6.90. The van der Waals surface area contributed by atoms with Gasteiger partial charge in [0.25, 0.3) is 0 Å². The average Bonchev–Trinajstić information content (AvgIpc) is 2.86. The molecular formula is C29H36O6. The number of ketones is 2. The molecule has 0 heterocycles.